The Morgan fingerprint density at radius 2 is 1.96 bits per heavy atom. The predicted octanol–water partition coefficient (Wildman–Crippen LogP) is 5.31. The summed E-state index contributed by atoms with van der Waals surface area (Å²) in [6.45, 7) is 4.09. The minimum Gasteiger partial charge on any atom is -0.298 e. The van der Waals surface area contributed by atoms with Gasteiger partial charge in [0.05, 0.1) is 15.5 Å². The maximum atomic E-state index is 12.5. The van der Waals surface area contributed by atoms with Crippen LogP contribution in [0.4, 0.5) is 10.8 Å². The molecule has 1 heterocycles. The van der Waals surface area contributed by atoms with Crippen LogP contribution in [0, 0.1) is 24.0 Å². The SMILES string of the molecule is CSc1ccc(C(=O)Nc2nc(-c3ccc(C)c(C)c3)cs2)cc1[N+](=O)[O-]. The van der Waals surface area contributed by atoms with E-state index in [9.17, 15) is 14.9 Å². The molecule has 1 N–H and O–H groups in total. The molecule has 0 aliphatic rings. The third-order valence-electron chi connectivity index (χ3n) is 4.17. The van der Waals surface area contributed by atoms with Crippen molar-refractivity contribution in [2.75, 3.05) is 11.6 Å². The Morgan fingerprint density at radius 1 is 1.19 bits per heavy atom. The molecule has 8 heteroatoms. The quantitative estimate of drug-likeness (QED) is 0.357. The number of aromatic nitrogens is 1. The number of nitro benzene ring substituents is 1. The van der Waals surface area contributed by atoms with Gasteiger partial charge in [-0.2, -0.15) is 0 Å². The van der Waals surface area contributed by atoms with Gasteiger partial charge in [-0.25, -0.2) is 4.98 Å². The van der Waals surface area contributed by atoms with Crippen LogP contribution in [0.15, 0.2) is 46.7 Å². The molecule has 0 bridgehead atoms. The normalized spacial score (nSPS) is 10.6. The Morgan fingerprint density at radius 3 is 2.63 bits per heavy atom. The maximum absolute atomic E-state index is 12.5. The van der Waals surface area contributed by atoms with Crippen molar-refractivity contribution in [3.63, 3.8) is 0 Å². The van der Waals surface area contributed by atoms with Crippen LogP contribution in [0.3, 0.4) is 0 Å². The highest BCUT2D eigenvalue weighted by Crippen LogP contribution is 2.30. The van der Waals surface area contributed by atoms with E-state index >= 15 is 0 Å². The van der Waals surface area contributed by atoms with Gasteiger partial charge >= 0.3 is 0 Å². The molecule has 138 valence electrons. The molecule has 1 amide bonds. The second-order valence-corrected chi connectivity index (χ2v) is 7.64. The summed E-state index contributed by atoms with van der Waals surface area (Å²) in [6.07, 6.45) is 1.76. The molecule has 1 aromatic heterocycles. The van der Waals surface area contributed by atoms with E-state index in [0.717, 1.165) is 11.3 Å². The molecule has 0 radical (unpaired) electrons. The molecule has 0 saturated heterocycles. The lowest BCUT2D eigenvalue weighted by molar-refractivity contribution is -0.387. The van der Waals surface area contributed by atoms with E-state index in [2.05, 4.69) is 16.4 Å². The Labute approximate surface area is 164 Å². The lowest BCUT2D eigenvalue weighted by Crippen LogP contribution is -2.12. The van der Waals surface area contributed by atoms with Gasteiger partial charge in [0.1, 0.15) is 0 Å². The molecule has 6 nitrogen and oxygen atoms in total. The lowest BCUT2D eigenvalue weighted by Gasteiger charge is -2.04. The number of benzene rings is 2. The fourth-order valence-electron chi connectivity index (χ4n) is 2.51. The molecule has 0 spiro atoms. The molecule has 27 heavy (non-hydrogen) atoms. The highest BCUT2D eigenvalue weighted by Gasteiger charge is 2.18. The first-order valence-electron chi connectivity index (χ1n) is 8.06. The fraction of sp³-hybridized carbons (Fsp3) is 0.158. The van der Waals surface area contributed by atoms with Crippen LogP contribution >= 0.6 is 23.1 Å². The van der Waals surface area contributed by atoms with Crippen molar-refractivity contribution in [3.05, 3.63) is 68.6 Å². The zero-order chi connectivity index (χ0) is 19.6. The second-order valence-electron chi connectivity index (χ2n) is 5.93. The van der Waals surface area contributed by atoms with Gasteiger partial charge in [-0.15, -0.1) is 23.1 Å². The molecule has 0 atom stereocenters. The highest BCUT2D eigenvalue weighted by molar-refractivity contribution is 7.98. The number of hydrogen-bond acceptors (Lipinski definition) is 6. The summed E-state index contributed by atoms with van der Waals surface area (Å²) >= 11 is 2.58. The minimum atomic E-state index is -0.482. The number of thioether (sulfide) groups is 1. The Kier molecular flexibility index (Phi) is 5.57. The number of carbonyl (C=O) groups excluding carboxylic acids is 1. The van der Waals surface area contributed by atoms with E-state index in [4.69, 9.17) is 0 Å². The van der Waals surface area contributed by atoms with E-state index in [1.165, 1.54) is 40.3 Å². The summed E-state index contributed by atoms with van der Waals surface area (Å²) in [4.78, 5) is 28.1. The average molecular weight is 399 g/mol. The summed E-state index contributed by atoms with van der Waals surface area (Å²) < 4.78 is 0. The van der Waals surface area contributed by atoms with Crippen LogP contribution in [-0.2, 0) is 0 Å². The van der Waals surface area contributed by atoms with E-state index in [1.54, 1.807) is 18.4 Å². The van der Waals surface area contributed by atoms with Gasteiger partial charge in [0.15, 0.2) is 5.13 Å². The number of amides is 1. The largest absolute Gasteiger partial charge is 0.298 e. The zero-order valence-corrected chi connectivity index (χ0v) is 16.6. The number of hydrogen-bond donors (Lipinski definition) is 1. The zero-order valence-electron chi connectivity index (χ0n) is 15.0. The molecule has 3 rings (SSSR count). The molecule has 0 aliphatic carbocycles. The molecule has 0 saturated carbocycles. The standard InChI is InChI=1S/C19H17N3O3S2/c1-11-4-5-13(8-12(11)2)15-10-27-19(20-15)21-18(23)14-6-7-17(26-3)16(9-14)22(24)25/h4-10H,1-3H3,(H,20,21,23). The van der Waals surface area contributed by atoms with E-state index in [-0.39, 0.29) is 11.3 Å². The number of carbonyl (C=O) groups is 1. The summed E-state index contributed by atoms with van der Waals surface area (Å²) in [5.74, 6) is -0.424. The minimum absolute atomic E-state index is 0.0786. The van der Waals surface area contributed by atoms with E-state index in [0.29, 0.717) is 10.0 Å². The van der Waals surface area contributed by atoms with Crippen LogP contribution in [-0.4, -0.2) is 22.1 Å². The molecule has 0 unspecified atom stereocenters. The average Bonchev–Trinajstić information content (AvgIpc) is 3.11. The number of nitrogens with one attached hydrogen (secondary N) is 1. The first-order chi connectivity index (χ1) is 12.9. The fourth-order valence-corrected chi connectivity index (χ4v) is 3.77. The van der Waals surface area contributed by atoms with Gasteiger partial charge in [0.2, 0.25) is 0 Å². The van der Waals surface area contributed by atoms with E-state index < -0.39 is 10.8 Å². The van der Waals surface area contributed by atoms with Crippen molar-refractivity contribution in [3.8, 4) is 11.3 Å². The van der Waals surface area contributed by atoms with Gasteiger partial charge in [0, 0.05) is 22.6 Å². The van der Waals surface area contributed by atoms with Gasteiger partial charge < -0.3 is 0 Å². The highest BCUT2D eigenvalue weighted by atomic mass is 32.2. The van der Waals surface area contributed by atoms with Crippen molar-refractivity contribution in [1.29, 1.82) is 0 Å². The van der Waals surface area contributed by atoms with Crippen LogP contribution < -0.4 is 5.32 Å². The first kappa shape index (κ1) is 19.1. The van der Waals surface area contributed by atoms with Crippen LogP contribution in [0.5, 0.6) is 0 Å². The summed E-state index contributed by atoms with van der Waals surface area (Å²) in [5, 5.41) is 16.2. The van der Waals surface area contributed by atoms with Gasteiger partial charge in [-0.1, -0.05) is 12.1 Å². The summed E-state index contributed by atoms with van der Waals surface area (Å²) in [5.41, 5.74) is 4.29. The van der Waals surface area contributed by atoms with E-state index in [1.807, 2.05) is 31.4 Å². The molecule has 0 aliphatic heterocycles. The Bertz CT molecular complexity index is 1030. The Balaban J connectivity index is 1.81. The summed E-state index contributed by atoms with van der Waals surface area (Å²) in [7, 11) is 0. The molecular formula is C19H17N3O3S2. The van der Waals surface area contributed by atoms with Crippen LogP contribution in [0.1, 0.15) is 21.5 Å². The van der Waals surface area contributed by atoms with Crippen molar-refractivity contribution in [2.24, 2.45) is 0 Å². The van der Waals surface area contributed by atoms with Crippen molar-refractivity contribution < 1.29 is 9.72 Å². The Hall–Kier alpha value is -2.71. The van der Waals surface area contributed by atoms with Crippen molar-refractivity contribution in [1.82, 2.24) is 4.98 Å². The second kappa shape index (κ2) is 7.89. The monoisotopic (exact) mass is 399 g/mol. The van der Waals surface area contributed by atoms with Crippen molar-refractivity contribution >= 4 is 39.8 Å². The third kappa shape index (κ3) is 4.17. The maximum Gasteiger partial charge on any atom is 0.283 e. The van der Waals surface area contributed by atoms with Crippen LogP contribution in [0.25, 0.3) is 11.3 Å². The topological polar surface area (TPSA) is 85.1 Å². The number of nitrogens with zero attached hydrogens (tertiary/aromatic N) is 2. The van der Waals surface area contributed by atoms with Gasteiger partial charge in [-0.3, -0.25) is 20.2 Å². The number of anilines is 1. The third-order valence-corrected chi connectivity index (χ3v) is 5.71. The molecule has 3 aromatic rings. The number of thiazole rings is 1. The van der Waals surface area contributed by atoms with Gasteiger partial charge in [0.25, 0.3) is 11.6 Å². The summed E-state index contributed by atoms with van der Waals surface area (Å²) in [6, 6.07) is 10.5. The lowest BCUT2D eigenvalue weighted by atomic mass is 10.1. The van der Waals surface area contributed by atoms with Crippen LogP contribution in [0.2, 0.25) is 0 Å². The first-order valence-corrected chi connectivity index (χ1v) is 10.2. The molecular weight excluding hydrogens is 382 g/mol. The predicted molar refractivity (Wildman–Crippen MR) is 110 cm³/mol. The number of aryl methyl sites for hydroxylation is 2. The smallest absolute Gasteiger partial charge is 0.283 e. The molecule has 0 fully saturated rings. The molecule has 2 aromatic carbocycles. The van der Waals surface area contributed by atoms with Gasteiger partial charge in [-0.05, 0) is 49.4 Å². The van der Waals surface area contributed by atoms with Crippen molar-refractivity contribution in [2.45, 2.75) is 18.7 Å². The number of rotatable bonds is 5. The number of nitro groups is 1.